The molecule has 3 rings (SSSR count). The van der Waals surface area contributed by atoms with Crippen LogP contribution in [0.15, 0.2) is 18.2 Å². The average Bonchev–Trinajstić information content (AvgIpc) is 2.22. The maximum absolute atomic E-state index is 13.1. The van der Waals surface area contributed by atoms with Gasteiger partial charge in [-0.3, -0.25) is 0 Å². The van der Waals surface area contributed by atoms with Crippen LogP contribution in [0.5, 0.6) is 5.75 Å². The lowest BCUT2D eigenvalue weighted by atomic mass is 9.70. The lowest BCUT2D eigenvalue weighted by Crippen LogP contribution is -2.63. The van der Waals surface area contributed by atoms with Crippen molar-refractivity contribution in [3.05, 3.63) is 29.6 Å². The van der Waals surface area contributed by atoms with Crippen LogP contribution in [0, 0.1) is 5.82 Å². The van der Waals surface area contributed by atoms with Crippen molar-refractivity contribution in [1.29, 1.82) is 0 Å². The number of fused-ring (bicyclic) bond motifs is 1. The van der Waals surface area contributed by atoms with Crippen molar-refractivity contribution >= 4 is 0 Å². The summed E-state index contributed by atoms with van der Waals surface area (Å²) in [5.74, 6) is 0.393. The summed E-state index contributed by atoms with van der Waals surface area (Å²) in [6.07, 6.45) is 3.01. The third-order valence-corrected chi connectivity index (χ3v) is 3.84. The molecule has 1 aromatic carbocycles. The van der Waals surface area contributed by atoms with Gasteiger partial charge in [0.25, 0.3) is 0 Å². The molecule has 0 aromatic heterocycles. The quantitative estimate of drug-likeness (QED) is 0.698. The normalized spacial score (nSPS) is 30.4. The van der Waals surface area contributed by atoms with Gasteiger partial charge in [-0.1, -0.05) is 0 Å². The highest BCUT2D eigenvalue weighted by Crippen LogP contribution is 2.47. The van der Waals surface area contributed by atoms with Gasteiger partial charge >= 0.3 is 0 Å². The van der Waals surface area contributed by atoms with Gasteiger partial charge in [0, 0.05) is 5.56 Å². The van der Waals surface area contributed by atoms with Crippen LogP contribution in [0.2, 0.25) is 0 Å². The van der Waals surface area contributed by atoms with Crippen LogP contribution < -0.4 is 16.2 Å². The summed E-state index contributed by atoms with van der Waals surface area (Å²) in [6.45, 7) is 0. The van der Waals surface area contributed by atoms with Gasteiger partial charge in [-0.25, -0.2) is 4.39 Å². The van der Waals surface area contributed by atoms with Crippen LogP contribution >= 0.6 is 0 Å². The molecular weight excluding hydrogens is 207 g/mol. The topological polar surface area (TPSA) is 61.3 Å². The first kappa shape index (κ1) is 10.1. The van der Waals surface area contributed by atoms with Gasteiger partial charge in [0.2, 0.25) is 0 Å². The minimum atomic E-state index is -0.334. The molecule has 2 unspecified atom stereocenters. The Kier molecular flexibility index (Phi) is 2.00. The van der Waals surface area contributed by atoms with Gasteiger partial charge in [0.15, 0.2) is 0 Å². The first-order chi connectivity index (χ1) is 7.62. The fourth-order valence-electron chi connectivity index (χ4n) is 2.64. The molecule has 86 valence electrons. The van der Waals surface area contributed by atoms with Crippen molar-refractivity contribution in [2.24, 2.45) is 11.5 Å². The molecule has 1 heterocycles. The van der Waals surface area contributed by atoms with Gasteiger partial charge in [-0.15, -0.1) is 0 Å². The highest BCUT2D eigenvalue weighted by molar-refractivity contribution is 5.41. The molecule has 0 saturated heterocycles. The fourth-order valence-corrected chi connectivity index (χ4v) is 2.64. The predicted octanol–water partition coefficient (Wildman–Crippen LogP) is 1.47. The molecule has 4 N–H and O–H groups in total. The van der Waals surface area contributed by atoms with Crippen LogP contribution in [0.3, 0.4) is 0 Å². The average molecular weight is 222 g/mol. The number of hydrogen-bond acceptors (Lipinski definition) is 3. The van der Waals surface area contributed by atoms with Crippen molar-refractivity contribution in [3.63, 3.8) is 0 Å². The lowest BCUT2D eigenvalue weighted by molar-refractivity contribution is -0.0499. The highest BCUT2D eigenvalue weighted by Gasteiger charge is 2.50. The van der Waals surface area contributed by atoms with E-state index in [0.29, 0.717) is 11.3 Å². The van der Waals surface area contributed by atoms with Gasteiger partial charge in [0.1, 0.15) is 17.2 Å². The number of nitrogens with two attached hydrogens (primary N) is 2. The Balaban J connectivity index is 2.06. The van der Waals surface area contributed by atoms with Crippen molar-refractivity contribution < 1.29 is 9.13 Å². The van der Waals surface area contributed by atoms with E-state index in [1.54, 1.807) is 6.07 Å². The Bertz CT molecular complexity index is 431. The number of benzene rings is 1. The van der Waals surface area contributed by atoms with E-state index in [0.717, 1.165) is 19.3 Å². The summed E-state index contributed by atoms with van der Waals surface area (Å²) in [5, 5.41) is 0. The molecule has 1 aliphatic carbocycles. The third-order valence-electron chi connectivity index (χ3n) is 3.84. The van der Waals surface area contributed by atoms with E-state index in [2.05, 4.69) is 0 Å². The van der Waals surface area contributed by atoms with E-state index < -0.39 is 0 Å². The summed E-state index contributed by atoms with van der Waals surface area (Å²) in [7, 11) is 0. The molecular formula is C12H15FN2O. The fraction of sp³-hybridized carbons (Fsp3) is 0.500. The van der Waals surface area contributed by atoms with E-state index in [-0.39, 0.29) is 23.5 Å². The maximum Gasteiger partial charge on any atom is 0.126 e. The molecule has 1 aliphatic heterocycles. The Morgan fingerprint density at radius 3 is 2.69 bits per heavy atom. The standard InChI is InChI=1S/C12H15FN2O/c13-7-2-3-9-8(6-7)10(14)11(15)12(16-9)4-1-5-12/h2-3,6,10-11H,1,4-5,14-15H2. The molecule has 2 aliphatic rings. The van der Waals surface area contributed by atoms with E-state index in [1.165, 1.54) is 12.1 Å². The second-order valence-electron chi connectivity index (χ2n) is 4.75. The Morgan fingerprint density at radius 2 is 2.06 bits per heavy atom. The number of rotatable bonds is 0. The maximum atomic E-state index is 13.1. The minimum Gasteiger partial charge on any atom is -0.485 e. The molecule has 3 nitrogen and oxygen atoms in total. The van der Waals surface area contributed by atoms with Gasteiger partial charge in [-0.05, 0) is 37.5 Å². The number of ether oxygens (including phenoxy) is 1. The van der Waals surface area contributed by atoms with E-state index >= 15 is 0 Å². The van der Waals surface area contributed by atoms with Crippen molar-refractivity contribution in [1.82, 2.24) is 0 Å². The Labute approximate surface area is 93.6 Å². The molecule has 4 heteroatoms. The number of halogens is 1. The van der Waals surface area contributed by atoms with E-state index in [1.807, 2.05) is 0 Å². The second-order valence-corrected chi connectivity index (χ2v) is 4.75. The van der Waals surface area contributed by atoms with E-state index in [4.69, 9.17) is 16.2 Å². The second kappa shape index (κ2) is 3.18. The van der Waals surface area contributed by atoms with Crippen LogP contribution in [-0.2, 0) is 0 Å². The first-order valence-electron chi connectivity index (χ1n) is 5.62. The Hall–Kier alpha value is -1.13. The zero-order chi connectivity index (χ0) is 11.3. The largest absolute Gasteiger partial charge is 0.485 e. The van der Waals surface area contributed by atoms with Crippen LogP contribution in [0.25, 0.3) is 0 Å². The third kappa shape index (κ3) is 1.20. The van der Waals surface area contributed by atoms with Crippen LogP contribution in [0.1, 0.15) is 30.9 Å². The summed E-state index contributed by atoms with van der Waals surface area (Å²) in [5.41, 5.74) is 12.6. The SMILES string of the molecule is NC1c2cc(F)ccc2OC2(CCC2)C1N. The van der Waals surface area contributed by atoms with Crippen molar-refractivity contribution in [2.45, 2.75) is 36.9 Å². The smallest absolute Gasteiger partial charge is 0.126 e. The summed E-state index contributed by atoms with van der Waals surface area (Å²) in [4.78, 5) is 0. The molecule has 16 heavy (non-hydrogen) atoms. The predicted molar refractivity (Wildman–Crippen MR) is 58.5 cm³/mol. The zero-order valence-corrected chi connectivity index (χ0v) is 8.95. The minimum absolute atomic E-state index is 0.240. The summed E-state index contributed by atoms with van der Waals surface area (Å²) < 4.78 is 19.1. The molecule has 2 atom stereocenters. The molecule has 0 bridgehead atoms. The van der Waals surface area contributed by atoms with Crippen LogP contribution in [0.4, 0.5) is 4.39 Å². The monoisotopic (exact) mass is 222 g/mol. The molecule has 1 saturated carbocycles. The first-order valence-corrected chi connectivity index (χ1v) is 5.62. The summed E-state index contributed by atoms with van der Waals surface area (Å²) in [6, 6.07) is 3.90. The van der Waals surface area contributed by atoms with Gasteiger partial charge in [-0.2, -0.15) is 0 Å². The van der Waals surface area contributed by atoms with Crippen molar-refractivity contribution in [3.8, 4) is 5.75 Å². The van der Waals surface area contributed by atoms with Gasteiger partial charge < -0.3 is 16.2 Å². The van der Waals surface area contributed by atoms with E-state index in [9.17, 15) is 4.39 Å². The molecule has 1 spiro atoms. The van der Waals surface area contributed by atoms with Crippen molar-refractivity contribution in [2.75, 3.05) is 0 Å². The van der Waals surface area contributed by atoms with Gasteiger partial charge in [0.05, 0.1) is 12.1 Å². The molecule has 0 radical (unpaired) electrons. The Morgan fingerprint density at radius 1 is 1.31 bits per heavy atom. The summed E-state index contributed by atoms with van der Waals surface area (Å²) >= 11 is 0. The highest BCUT2D eigenvalue weighted by atomic mass is 19.1. The molecule has 1 fully saturated rings. The number of hydrogen-bond donors (Lipinski definition) is 2. The van der Waals surface area contributed by atoms with Crippen LogP contribution in [-0.4, -0.2) is 11.6 Å². The molecule has 1 aromatic rings. The zero-order valence-electron chi connectivity index (χ0n) is 8.95. The molecule has 0 amide bonds. The lowest BCUT2D eigenvalue weighted by Gasteiger charge is -2.51.